The van der Waals surface area contributed by atoms with Crippen molar-refractivity contribution in [1.82, 2.24) is 4.98 Å². The maximum atomic E-state index is 13.2. The van der Waals surface area contributed by atoms with Crippen molar-refractivity contribution in [2.24, 2.45) is 0 Å². The predicted octanol–water partition coefficient (Wildman–Crippen LogP) is 5.48. The van der Waals surface area contributed by atoms with E-state index in [-0.39, 0.29) is 22.2 Å². The van der Waals surface area contributed by atoms with E-state index >= 15 is 0 Å². The summed E-state index contributed by atoms with van der Waals surface area (Å²) in [6, 6.07) is 17.9. The summed E-state index contributed by atoms with van der Waals surface area (Å²) in [5.41, 5.74) is 0.829. The summed E-state index contributed by atoms with van der Waals surface area (Å²) in [5, 5.41) is 23.2. The summed E-state index contributed by atoms with van der Waals surface area (Å²) in [7, 11) is 0. The Morgan fingerprint density at radius 1 is 1.06 bits per heavy atom. The Kier molecular flexibility index (Phi) is 5.35. The third kappa shape index (κ3) is 3.60. The summed E-state index contributed by atoms with van der Waals surface area (Å²) < 4.78 is 0.699. The molecular weight excluding hydrogens is 478 g/mol. The van der Waals surface area contributed by atoms with Crippen LogP contribution in [0.5, 0.6) is 0 Å². The molecule has 5 rings (SSSR count). The van der Waals surface area contributed by atoms with Crippen molar-refractivity contribution in [3.05, 3.63) is 105 Å². The summed E-state index contributed by atoms with van der Waals surface area (Å²) in [6.45, 7) is 0. The number of aliphatic hydroxyl groups is 1. The summed E-state index contributed by atoms with van der Waals surface area (Å²) in [5.74, 6) is -2.17. The molecule has 0 radical (unpaired) electrons. The fraction of sp³-hybridized carbons (Fsp3) is 0.0417. The number of halogens is 1. The van der Waals surface area contributed by atoms with Crippen molar-refractivity contribution in [2.75, 3.05) is 4.90 Å². The van der Waals surface area contributed by atoms with E-state index in [4.69, 9.17) is 11.6 Å². The van der Waals surface area contributed by atoms with Crippen LogP contribution in [0.15, 0.2) is 78.4 Å². The van der Waals surface area contributed by atoms with Gasteiger partial charge >= 0.3 is 5.91 Å². The van der Waals surface area contributed by atoms with Crippen molar-refractivity contribution in [2.45, 2.75) is 6.04 Å². The molecule has 1 fully saturated rings. The lowest BCUT2D eigenvalue weighted by atomic mass is 9.95. The first-order chi connectivity index (χ1) is 16.3. The largest absolute Gasteiger partial charge is 0.507 e. The second-order valence-corrected chi connectivity index (χ2v) is 8.94. The number of non-ortho nitro benzene ring substituents is 1. The molecule has 1 aliphatic heterocycles. The van der Waals surface area contributed by atoms with E-state index in [0.29, 0.717) is 26.4 Å². The van der Waals surface area contributed by atoms with Crippen molar-refractivity contribution in [1.29, 1.82) is 0 Å². The third-order valence-electron chi connectivity index (χ3n) is 5.43. The lowest BCUT2D eigenvalue weighted by molar-refractivity contribution is -0.384. The highest BCUT2D eigenvalue weighted by molar-refractivity contribution is 7.22. The Morgan fingerprint density at radius 2 is 1.82 bits per heavy atom. The van der Waals surface area contributed by atoms with Crippen LogP contribution in [0, 0.1) is 10.1 Å². The van der Waals surface area contributed by atoms with E-state index < -0.39 is 22.7 Å². The molecule has 2 heterocycles. The van der Waals surface area contributed by atoms with E-state index in [9.17, 15) is 24.8 Å². The number of amides is 1. The molecule has 0 spiro atoms. The number of carbonyl (C=O) groups excluding carboxylic acids is 2. The molecule has 0 aliphatic carbocycles. The molecule has 1 amide bonds. The molecule has 1 unspecified atom stereocenters. The molecule has 3 aromatic carbocycles. The second-order valence-electron chi connectivity index (χ2n) is 7.50. The minimum Gasteiger partial charge on any atom is -0.507 e. The van der Waals surface area contributed by atoms with Gasteiger partial charge in [-0.25, -0.2) is 4.98 Å². The first-order valence-electron chi connectivity index (χ1n) is 10.0. The minimum absolute atomic E-state index is 0.172. The van der Waals surface area contributed by atoms with Gasteiger partial charge in [-0.3, -0.25) is 24.6 Å². The van der Waals surface area contributed by atoms with Crippen LogP contribution in [0.3, 0.4) is 0 Å². The number of nitro benzene ring substituents is 1. The zero-order chi connectivity index (χ0) is 24.0. The van der Waals surface area contributed by atoms with Crippen molar-refractivity contribution in [3.63, 3.8) is 0 Å². The number of nitro groups is 1. The van der Waals surface area contributed by atoms with Crippen molar-refractivity contribution in [3.8, 4) is 0 Å². The molecule has 1 aliphatic rings. The molecule has 10 heteroatoms. The van der Waals surface area contributed by atoms with Crippen molar-refractivity contribution >= 4 is 61.4 Å². The van der Waals surface area contributed by atoms with Gasteiger partial charge in [0.2, 0.25) is 0 Å². The minimum atomic E-state index is -1.11. The smallest absolute Gasteiger partial charge is 0.301 e. The van der Waals surface area contributed by atoms with Crippen LogP contribution in [0.25, 0.3) is 16.0 Å². The van der Waals surface area contributed by atoms with Gasteiger partial charge in [-0.1, -0.05) is 65.4 Å². The number of nitrogens with zero attached hydrogens (tertiary/aromatic N) is 3. The fourth-order valence-corrected chi connectivity index (χ4v) is 5.16. The van der Waals surface area contributed by atoms with Crippen LogP contribution in [-0.2, 0) is 9.59 Å². The second kappa shape index (κ2) is 8.36. The van der Waals surface area contributed by atoms with E-state index in [1.807, 2.05) is 0 Å². The third-order valence-corrected chi connectivity index (χ3v) is 6.69. The van der Waals surface area contributed by atoms with Crippen LogP contribution in [0.2, 0.25) is 5.02 Å². The highest BCUT2D eigenvalue weighted by atomic mass is 35.5. The number of fused-ring (bicyclic) bond motifs is 1. The molecule has 8 nitrogen and oxygen atoms in total. The van der Waals surface area contributed by atoms with E-state index in [1.54, 1.807) is 54.6 Å². The van der Waals surface area contributed by atoms with Gasteiger partial charge in [-0.05, 0) is 23.8 Å². The highest BCUT2D eigenvalue weighted by Gasteiger charge is 2.48. The molecule has 1 aromatic heterocycles. The van der Waals surface area contributed by atoms with Gasteiger partial charge in [0.25, 0.3) is 11.5 Å². The Balaban J connectivity index is 1.75. The Bertz CT molecular complexity index is 1520. The average molecular weight is 492 g/mol. The Hall–Kier alpha value is -4.08. The molecule has 1 N–H and O–H groups in total. The number of hydrogen-bond acceptors (Lipinski definition) is 7. The van der Waals surface area contributed by atoms with Gasteiger partial charge in [-0.15, -0.1) is 0 Å². The number of benzene rings is 3. The molecule has 1 saturated heterocycles. The molecule has 168 valence electrons. The van der Waals surface area contributed by atoms with Crippen LogP contribution >= 0.6 is 22.9 Å². The van der Waals surface area contributed by atoms with Crippen LogP contribution in [0.1, 0.15) is 17.2 Å². The molecule has 34 heavy (non-hydrogen) atoms. The zero-order valence-electron chi connectivity index (χ0n) is 17.2. The number of hydrogen-bond donors (Lipinski definition) is 1. The SMILES string of the molecule is O=C1C(=O)N(c2nc3ccc(Cl)cc3s2)C(c2cccc([N+](=O)[O-])c2)C1=C(O)c1ccccc1. The lowest BCUT2D eigenvalue weighted by Crippen LogP contribution is -2.29. The van der Waals surface area contributed by atoms with Crippen molar-refractivity contribution < 1.29 is 19.6 Å². The molecule has 1 atom stereocenters. The molecule has 0 bridgehead atoms. The number of anilines is 1. The van der Waals surface area contributed by atoms with Gasteiger partial charge in [0.15, 0.2) is 5.13 Å². The monoisotopic (exact) mass is 491 g/mol. The fourth-order valence-electron chi connectivity index (χ4n) is 3.89. The van der Waals surface area contributed by atoms with Crippen LogP contribution < -0.4 is 4.90 Å². The number of rotatable bonds is 4. The standard InChI is InChI=1S/C24H14ClN3O5S/c25-15-9-10-17-18(12-15)34-24(26-17)27-20(14-7-4-8-16(11-14)28(32)33)19(22(30)23(27)31)21(29)13-5-2-1-3-6-13/h1-12,20,29H. The summed E-state index contributed by atoms with van der Waals surface area (Å²) in [6.07, 6.45) is 0. The lowest BCUT2D eigenvalue weighted by Gasteiger charge is -2.22. The molecule has 0 saturated carbocycles. The summed E-state index contributed by atoms with van der Waals surface area (Å²) in [4.78, 5) is 42.9. The maximum Gasteiger partial charge on any atom is 0.301 e. The van der Waals surface area contributed by atoms with Crippen LogP contribution in [0.4, 0.5) is 10.8 Å². The first kappa shape index (κ1) is 21.7. The number of aromatic nitrogens is 1. The predicted molar refractivity (Wildman–Crippen MR) is 129 cm³/mol. The Morgan fingerprint density at radius 3 is 2.56 bits per heavy atom. The number of aliphatic hydroxyl groups excluding tert-OH is 1. The molecule has 4 aromatic rings. The van der Waals surface area contributed by atoms with E-state index in [2.05, 4.69) is 4.98 Å². The Labute approximate surface area is 201 Å². The maximum absolute atomic E-state index is 13.2. The summed E-state index contributed by atoms with van der Waals surface area (Å²) >= 11 is 7.24. The van der Waals surface area contributed by atoms with Gasteiger partial charge in [0.05, 0.1) is 26.8 Å². The highest BCUT2D eigenvalue weighted by Crippen LogP contribution is 2.45. The van der Waals surface area contributed by atoms with Crippen LogP contribution in [-0.4, -0.2) is 26.7 Å². The number of carbonyl (C=O) groups is 2. The van der Waals surface area contributed by atoms with Gasteiger partial charge in [0, 0.05) is 22.7 Å². The van der Waals surface area contributed by atoms with Gasteiger partial charge in [0.1, 0.15) is 5.76 Å². The van der Waals surface area contributed by atoms with Gasteiger partial charge < -0.3 is 5.11 Å². The number of thiazole rings is 1. The number of Topliss-reactive ketones (excluding diaryl/α,β-unsaturated/α-hetero) is 1. The van der Waals surface area contributed by atoms with E-state index in [0.717, 1.165) is 11.3 Å². The van der Waals surface area contributed by atoms with Gasteiger partial charge in [-0.2, -0.15) is 0 Å². The normalized spacial score (nSPS) is 17.4. The zero-order valence-corrected chi connectivity index (χ0v) is 18.8. The van der Waals surface area contributed by atoms with E-state index in [1.165, 1.54) is 23.1 Å². The number of ketones is 1. The average Bonchev–Trinajstić information content (AvgIpc) is 3.37. The first-order valence-corrected chi connectivity index (χ1v) is 11.2. The molecular formula is C24H14ClN3O5S. The topological polar surface area (TPSA) is 114 Å². The quantitative estimate of drug-likeness (QED) is 0.133.